The van der Waals surface area contributed by atoms with Gasteiger partial charge in [-0.05, 0) is 55.6 Å². The van der Waals surface area contributed by atoms with Crippen molar-refractivity contribution in [1.29, 1.82) is 0 Å². The minimum Gasteiger partial charge on any atom is -0.343 e. The Balaban J connectivity index is 1.49. The Morgan fingerprint density at radius 2 is 1.97 bits per heavy atom. The summed E-state index contributed by atoms with van der Waals surface area (Å²) in [6.07, 6.45) is 10.6. The van der Waals surface area contributed by atoms with Gasteiger partial charge in [0, 0.05) is 23.8 Å². The molecular weight excluding hydrogens is 362 g/mol. The molecule has 1 aliphatic carbocycles. The van der Waals surface area contributed by atoms with Gasteiger partial charge in [-0.1, -0.05) is 44.2 Å². The maximum atomic E-state index is 12.6. The highest BCUT2D eigenvalue weighted by Gasteiger charge is 2.16. The highest BCUT2D eigenvalue weighted by molar-refractivity contribution is 5.75. The second kappa shape index (κ2) is 9.37. The third-order valence-electron chi connectivity index (χ3n) is 5.90. The molecule has 4 rings (SSSR count). The number of nitrogens with zero attached hydrogens (tertiary/aromatic N) is 2. The number of hydrogen-bond donors (Lipinski definition) is 3. The summed E-state index contributed by atoms with van der Waals surface area (Å²) in [5.41, 5.74) is 9.17. The van der Waals surface area contributed by atoms with Crippen LogP contribution in [0, 0.1) is 5.92 Å². The molecule has 6 nitrogen and oxygen atoms in total. The van der Waals surface area contributed by atoms with Crippen LogP contribution in [-0.2, 0) is 13.0 Å². The van der Waals surface area contributed by atoms with Crippen molar-refractivity contribution in [2.24, 2.45) is 11.7 Å². The molecule has 0 spiro atoms. The molecule has 0 amide bonds. The van der Waals surface area contributed by atoms with E-state index >= 15 is 0 Å². The van der Waals surface area contributed by atoms with Gasteiger partial charge >= 0.3 is 5.69 Å². The average molecular weight is 394 g/mol. The summed E-state index contributed by atoms with van der Waals surface area (Å²) in [6.45, 7) is 2.41. The van der Waals surface area contributed by atoms with Crippen LogP contribution in [0.3, 0.4) is 0 Å². The summed E-state index contributed by atoms with van der Waals surface area (Å²) >= 11 is 0. The van der Waals surface area contributed by atoms with Crippen LogP contribution in [0.25, 0.3) is 16.7 Å². The van der Waals surface area contributed by atoms with Gasteiger partial charge in [-0.15, -0.1) is 0 Å². The number of aromatic amines is 1. The molecule has 1 aliphatic rings. The van der Waals surface area contributed by atoms with E-state index in [-0.39, 0.29) is 5.69 Å². The molecule has 2 aromatic heterocycles. The SMILES string of the molecule is NCCCNCc1ccc(-n2cc3cc(CC4CCCCC4)[nH]c3nc2=O)cc1. The molecule has 1 aromatic carbocycles. The van der Waals surface area contributed by atoms with E-state index in [0.29, 0.717) is 12.2 Å². The van der Waals surface area contributed by atoms with Gasteiger partial charge in [0.2, 0.25) is 0 Å². The largest absolute Gasteiger partial charge is 0.354 e. The van der Waals surface area contributed by atoms with E-state index in [1.165, 1.54) is 43.4 Å². The summed E-state index contributed by atoms with van der Waals surface area (Å²) in [6, 6.07) is 10.2. The maximum absolute atomic E-state index is 12.6. The molecule has 0 bridgehead atoms. The minimum atomic E-state index is -0.252. The summed E-state index contributed by atoms with van der Waals surface area (Å²) in [5, 5.41) is 4.36. The fourth-order valence-electron chi connectivity index (χ4n) is 4.28. The Kier molecular flexibility index (Phi) is 6.42. The average Bonchev–Trinajstić information content (AvgIpc) is 3.13. The quantitative estimate of drug-likeness (QED) is 0.513. The molecule has 3 aromatic rings. The summed E-state index contributed by atoms with van der Waals surface area (Å²) in [5.74, 6) is 0.752. The lowest BCUT2D eigenvalue weighted by molar-refractivity contribution is 0.355. The molecule has 0 aliphatic heterocycles. The van der Waals surface area contributed by atoms with Gasteiger partial charge in [0.15, 0.2) is 0 Å². The van der Waals surface area contributed by atoms with Crippen molar-refractivity contribution in [3.8, 4) is 5.69 Å². The fourth-order valence-corrected chi connectivity index (χ4v) is 4.28. The van der Waals surface area contributed by atoms with Crippen molar-refractivity contribution in [2.75, 3.05) is 13.1 Å². The molecule has 0 saturated heterocycles. The topological polar surface area (TPSA) is 88.7 Å². The van der Waals surface area contributed by atoms with Crippen molar-refractivity contribution in [3.63, 3.8) is 0 Å². The zero-order chi connectivity index (χ0) is 20.1. The van der Waals surface area contributed by atoms with Crippen LogP contribution in [0.2, 0.25) is 0 Å². The molecule has 4 N–H and O–H groups in total. The van der Waals surface area contributed by atoms with Gasteiger partial charge in [-0.2, -0.15) is 4.98 Å². The number of benzene rings is 1. The highest BCUT2D eigenvalue weighted by Crippen LogP contribution is 2.27. The van der Waals surface area contributed by atoms with Crippen molar-refractivity contribution in [1.82, 2.24) is 19.9 Å². The number of H-pyrrole nitrogens is 1. The Bertz CT molecular complexity index is 983. The fraction of sp³-hybridized carbons (Fsp3) is 0.478. The van der Waals surface area contributed by atoms with E-state index in [2.05, 4.69) is 21.4 Å². The Morgan fingerprint density at radius 1 is 1.17 bits per heavy atom. The minimum absolute atomic E-state index is 0.252. The molecule has 29 heavy (non-hydrogen) atoms. The first-order valence-corrected chi connectivity index (χ1v) is 10.8. The number of nitrogens with two attached hydrogens (primary N) is 1. The molecule has 0 unspecified atom stereocenters. The van der Waals surface area contributed by atoms with E-state index in [9.17, 15) is 4.79 Å². The Morgan fingerprint density at radius 3 is 2.72 bits per heavy atom. The monoisotopic (exact) mass is 393 g/mol. The number of fused-ring (bicyclic) bond motifs is 1. The van der Waals surface area contributed by atoms with E-state index in [4.69, 9.17) is 5.73 Å². The van der Waals surface area contributed by atoms with Crippen LogP contribution in [0.4, 0.5) is 0 Å². The molecule has 6 heteroatoms. The molecule has 0 radical (unpaired) electrons. The van der Waals surface area contributed by atoms with Crippen LogP contribution >= 0.6 is 0 Å². The van der Waals surface area contributed by atoms with Gasteiger partial charge < -0.3 is 16.0 Å². The van der Waals surface area contributed by atoms with Crippen LogP contribution in [0.15, 0.2) is 41.3 Å². The van der Waals surface area contributed by atoms with E-state index in [0.717, 1.165) is 42.9 Å². The number of aromatic nitrogens is 3. The van der Waals surface area contributed by atoms with Crippen molar-refractivity contribution >= 4 is 11.0 Å². The summed E-state index contributed by atoms with van der Waals surface area (Å²) in [7, 11) is 0. The van der Waals surface area contributed by atoms with E-state index in [1.54, 1.807) is 4.57 Å². The Hall–Kier alpha value is -2.44. The number of rotatable bonds is 8. The predicted molar refractivity (Wildman–Crippen MR) is 117 cm³/mol. The van der Waals surface area contributed by atoms with Crippen LogP contribution < -0.4 is 16.7 Å². The van der Waals surface area contributed by atoms with E-state index < -0.39 is 0 Å². The third kappa shape index (κ3) is 4.95. The lowest BCUT2D eigenvalue weighted by atomic mass is 9.86. The van der Waals surface area contributed by atoms with E-state index in [1.807, 2.05) is 30.5 Å². The Labute approximate surface area is 171 Å². The van der Waals surface area contributed by atoms with Gasteiger partial charge in [0.05, 0.1) is 5.69 Å². The predicted octanol–water partition coefficient (Wildman–Crippen LogP) is 3.28. The normalized spacial score (nSPS) is 15.2. The van der Waals surface area contributed by atoms with Crippen LogP contribution in [0.5, 0.6) is 0 Å². The molecule has 154 valence electrons. The third-order valence-corrected chi connectivity index (χ3v) is 5.90. The van der Waals surface area contributed by atoms with Gasteiger partial charge in [0.25, 0.3) is 0 Å². The molecular formula is C23H31N5O. The molecule has 1 fully saturated rings. The van der Waals surface area contributed by atoms with Crippen LogP contribution in [-0.4, -0.2) is 27.6 Å². The number of hydrogen-bond acceptors (Lipinski definition) is 4. The summed E-state index contributed by atoms with van der Waals surface area (Å²) < 4.78 is 1.63. The molecule has 0 atom stereocenters. The van der Waals surface area contributed by atoms with Gasteiger partial charge in [0.1, 0.15) is 5.65 Å². The van der Waals surface area contributed by atoms with Gasteiger partial charge in [-0.25, -0.2) is 4.79 Å². The molecule has 1 saturated carbocycles. The lowest BCUT2D eigenvalue weighted by Crippen LogP contribution is -2.20. The zero-order valence-electron chi connectivity index (χ0n) is 17.0. The smallest absolute Gasteiger partial charge is 0.343 e. The zero-order valence-corrected chi connectivity index (χ0v) is 17.0. The summed E-state index contributed by atoms with van der Waals surface area (Å²) in [4.78, 5) is 20.2. The van der Waals surface area contributed by atoms with Crippen molar-refractivity contribution in [3.05, 3.63) is 58.3 Å². The molecule has 2 heterocycles. The first-order chi connectivity index (χ1) is 14.2. The maximum Gasteiger partial charge on any atom is 0.354 e. The van der Waals surface area contributed by atoms with Crippen LogP contribution in [0.1, 0.15) is 49.8 Å². The second-order valence-corrected chi connectivity index (χ2v) is 8.19. The first kappa shape index (κ1) is 19.9. The number of nitrogens with one attached hydrogen (secondary N) is 2. The first-order valence-electron chi connectivity index (χ1n) is 10.8. The van der Waals surface area contributed by atoms with Crippen molar-refractivity contribution in [2.45, 2.75) is 51.5 Å². The van der Waals surface area contributed by atoms with Crippen molar-refractivity contribution < 1.29 is 0 Å². The van der Waals surface area contributed by atoms with Gasteiger partial charge in [-0.3, -0.25) is 4.57 Å². The highest BCUT2D eigenvalue weighted by atomic mass is 16.1. The lowest BCUT2D eigenvalue weighted by Gasteiger charge is -2.20. The second-order valence-electron chi connectivity index (χ2n) is 8.19. The standard InChI is InChI=1S/C23H31N5O/c24-11-4-12-25-15-18-7-9-21(10-8-18)28-16-19-14-20(26-22(19)27-23(28)29)13-17-5-2-1-3-6-17/h7-10,14,16-17,25H,1-6,11-13,15,24H2,(H,26,27,29).